The lowest BCUT2D eigenvalue weighted by molar-refractivity contribution is -0.154. The Morgan fingerprint density at radius 3 is 2.03 bits per heavy atom. The Labute approximate surface area is 348 Å². The molecular formula is C43H46N4O12S. The molecule has 0 unspecified atom stereocenters. The summed E-state index contributed by atoms with van der Waals surface area (Å²) in [5, 5.41) is 11.0. The van der Waals surface area contributed by atoms with Gasteiger partial charge >= 0.3 is 17.3 Å². The molecule has 0 bridgehead atoms. The Bertz CT molecular complexity index is 2460. The number of carbonyl (C=O) groups excluding carboxylic acids is 1. The van der Waals surface area contributed by atoms with E-state index in [1.165, 1.54) is 46.3 Å². The SMILES string of the molecule is COc1ccc(C(OC[C@H]2O[C@@H](n3ccc(=O)[nH]c3=O)[C@H](OC(C)=O)[C@@H]2CSC[C@H]2O[C@@H](n3cc(C)c(=O)[nH]c3=O)C[C@@H]2O)(c2ccccc2)c2ccc(OC)cc2)cc1. The average Bonchev–Trinajstić information content (AvgIpc) is 3.78. The lowest BCUT2D eigenvalue weighted by Crippen LogP contribution is -2.40. The van der Waals surface area contributed by atoms with Crippen molar-refractivity contribution in [2.24, 2.45) is 5.92 Å². The summed E-state index contributed by atoms with van der Waals surface area (Å²) < 4.78 is 39.4. The molecule has 16 nitrogen and oxygen atoms in total. The lowest BCUT2D eigenvalue weighted by atomic mass is 9.80. The van der Waals surface area contributed by atoms with Gasteiger partial charge in [-0.3, -0.25) is 33.5 Å². The van der Waals surface area contributed by atoms with Crippen LogP contribution in [0.5, 0.6) is 11.5 Å². The Balaban J connectivity index is 1.24. The van der Waals surface area contributed by atoms with Crippen LogP contribution in [0.2, 0.25) is 0 Å². The van der Waals surface area contributed by atoms with Gasteiger partial charge in [-0.2, -0.15) is 11.8 Å². The zero-order valence-corrected chi connectivity index (χ0v) is 34.2. The minimum atomic E-state index is -1.24. The van der Waals surface area contributed by atoms with Crippen LogP contribution in [0, 0.1) is 12.8 Å². The molecule has 2 aliphatic heterocycles. The van der Waals surface area contributed by atoms with E-state index in [-0.39, 0.29) is 24.5 Å². The number of esters is 1. The van der Waals surface area contributed by atoms with E-state index in [1.54, 1.807) is 21.1 Å². The van der Waals surface area contributed by atoms with E-state index in [2.05, 4.69) is 9.97 Å². The smallest absolute Gasteiger partial charge is 0.330 e. The fourth-order valence-corrected chi connectivity index (χ4v) is 9.12. The molecule has 2 saturated heterocycles. The molecule has 0 radical (unpaired) electrons. The summed E-state index contributed by atoms with van der Waals surface area (Å²) in [5.41, 5.74) is -1.09. The second kappa shape index (κ2) is 18.3. The molecule has 2 fully saturated rings. The first-order valence-corrected chi connectivity index (χ1v) is 20.4. The molecule has 5 aromatic rings. The summed E-state index contributed by atoms with van der Waals surface area (Å²) >= 11 is 1.40. The van der Waals surface area contributed by atoms with Gasteiger partial charge in [-0.1, -0.05) is 54.6 Å². The quantitative estimate of drug-likeness (QED) is 0.103. The molecule has 7 atom stereocenters. The zero-order chi connectivity index (χ0) is 42.6. The number of hydrogen-bond donors (Lipinski definition) is 3. The number of aryl methyl sites for hydroxylation is 1. The molecule has 2 aliphatic rings. The number of rotatable bonds is 15. The van der Waals surface area contributed by atoms with E-state index in [4.69, 9.17) is 28.4 Å². The van der Waals surface area contributed by atoms with E-state index < -0.39 is 76.9 Å². The van der Waals surface area contributed by atoms with Crippen molar-refractivity contribution >= 4 is 17.7 Å². The van der Waals surface area contributed by atoms with E-state index in [0.29, 0.717) is 17.1 Å². The summed E-state index contributed by atoms with van der Waals surface area (Å²) in [6.45, 7) is 2.75. The molecule has 316 valence electrons. The summed E-state index contributed by atoms with van der Waals surface area (Å²) in [7, 11) is 3.18. The van der Waals surface area contributed by atoms with Crippen molar-refractivity contribution in [3.05, 3.63) is 161 Å². The predicted octanol–water partition coefficient (Wildman–Crippen LogP) is 3.25. The number of hydrogen-bond acceptors (Lipinski definition) is 13. The number of carbonyl (C=O) groups is 1. The summed E-state index contributed by atoms with van der Waals surface area (Å²) in [5.74, 6) is 0.611. The van der Waals surface area contributed by atoms with Crippen molar-refractivity contribution in [1.29, 1.82) is 0 Å². The van der Waals surface area contributed by atoms with Crippen LogP contribution in [-0.2, 0) is 29.3 Å². The number of aliphatic hydroxyl groups is 1. The van der Waals surface area contributed by atoms with Crippen LogP contribution in [-0.4, -0.2) is 86.9 Å². The molecule has 2 aromatic heterocycles. The van der Waals surface area contributed by atoms with Gasteiger partial charge in [0.1, 0.15) is 23.3 Å². The maximum atomic E-state index is 13.2. The van der Waals surface area contributed by atoms with Crippen molar-refractivity contribution in [3.8, 4) is 11.5 Å². The topological polar surface area (TPSA) is 202 Å². The van der Waals surface area contributed by atoms with Crippen molar-refractivity contribution in [1.82, 2.24) is 19.1 Å². The highest BCUT2D eigenvalue weighted by molar-refractivity contribution is 7.99. The maximum Gasteiger partial charge on any atom is 0.330 e. The number of benzene rings is 3. The second-order valence-electron chi connectivity index (χ2n) is 14.6. The Morgan fingerprint density at radius 1 is 0.817 bits per heavy atom. The molecular weight excluding hydrogens is 797 g/mol. The largest absolute Gasteiger partial charge is 0.497 e. The van der Waals surface area contributed by atoms with Gasteiger partial charge < -0.3 is 33.5 Å². The van der Waals surface area contributed by atoms with Crippen molar-refractivity contribution in [2.75, 3.05) is 32.3 Å². The molecule has 7 rings (SSSR count). The molecule has 60 heavy (non-hydrogen) atoms. The molecule has 0 amide bonds. The first-order chi connectivity index (χ1) is 28.9. The van der Waals surface area contributed by atoms with Crippen molar-refractivity contribution < 1.29 is 38.3 Å². The normalized spacial score (nSPS) is 22.7. The predicted molar refractivity (Wildman–Crippen MR) is 220 cm³/mol. The number of aromatic amines is 2. The fraction of sp³-hybridized carbons (Fsp3) is 0.372. The van der Waals surface area contributed by atoms with E-state index in [0.717, 1.165) is 16.7 Å². The van der Waals surface area contributed by atoms with Crippen LogP contribution in [0.25, 0.3) is 0 Å². The van der Waals surface area contributed by atoms with Gasteiger partial charge in [0.2, 0.25) is 0 Å². The number of ether oxygens (including phenoxy) is 6. The molecule has 3 aromatic carbocycles. The number of aliphatic hydroxyl groups excluding tert-OH is 1. The number of thioether (sulfide) groups is 1. The third-order valence-electron chi connectivity index (χ3n) is 10.8. The van der Waals surface area contributed by atoms with Crippen molar-refractivity contribution in [3.63, 3.8) is 0 Å². The zero-order valence-electron chi connectivity index (χ0n) is 33.3. The Kier molecular flexibility index (Phi) is 12.9. The molecule has 0 spiro atoms. The number of H-pyrrole nitrogens is 2. The van der Waals surface area contributed by atoms with Crippen LogP contribution < -0.4 is 32.0 Å². The number of aromatic nitrogens is 4. The molecule has 0 aliphatic carbocycles. The van der Waals surface area contributed by atoms with Crippen LogP contribution >= 0.6 is 11.8 Å². The maximum absolute atomic E-state index is 13.2. The van der Waals surface area contributed by atoms with E-state index in [9.17, 15) is 29.1 Å². The van der Waals surface area contributed by atoms with E-state index >= 15 is 0 Å². The molecule has 4 heterocycles. The summed E-state index contributed by atoms with van der Waals surface area (Å²) in [4.78, 5) is 67.2. The van der Waals surface area contributed by atoms with Gasteiger partial charge in [0.15, 0.2) is 12.3 Å². The van der Waals surface area contributed by atoms with Gasteiger partial charge in [-0.05, 0) is 47.9 Å². The van der Waals surface area contributed by atoms with Crippen LogP contribution in [0.1, 0.15) is 48.1 Å². The van der Waals surface area contributed by atoms with Crippen LogP contribution in [0.3, 0.4) is 0 Å². The van der Waals surface area contributed by atoms with Crippen molar-refractivity contribution in [2.45, 2.75) is 62.7 Å². The third kappa shape index (κ3) is 8.76. The first kappa shape index (κ1) is 42.4. The fourth-order valence-electron chi connectivity index (χ4n) is 7.77. The minimum Gasteiger partial charge on any atom is -0.497 e. The van der Waals surface area contributed by atoms with Gasteiger partial charge in [0.25, 0.3) is 11.1 Å². The monoisotopic (exact) mass is 842 g/mol. The summed E-state index contributed by atoms with van der Waals surface area (Å²) in [6.07, 6.45) is -2.61. The first-order valence-electron chi connectivity index (χ1n) is 19.3. The molecule has 0 saturated carbocycles. The van der Waals surface area contributed by atoms with Gasteiger partial charge in [0.05, 0.1) is 39.1 Å². The highest BCUT2D eigenvalue weighted by atomic mass is 32.2. The summed E-state index contributed by atoms with van der Waals surface area (Å²) in [6, 6.07) is 25.9. The number of nitrogens with zero attached hydrogens (tertiary/aromatic N) is 2. The highest BCUT2D eigenvalue weighted by Crippen LogP contribution is 2.44. The average molecular weight is 843 g/mol. The van der Waals surface area contributed by atoms with Crippen LogP contribution in [0.4, 0.5) is 0 Å². The number of methoxy groups -OCH3 is 2. The Hall–Kier alpha value is -5.72. The Morgan fingerprint density at radius 2 is 1.43 bits per heavy atom. The van der Waals surface area contributed by atoms with E-state index in [1.807, 2.05) is 78.9 Å². The number of nitrogens with one attached hydrogen (secondary N) is 2. The van der Waals surface area contributed by atoms with Crippen LogP contribution in [0.15, 0.2) is 117 Å². The van der Waals surface area contributed by atoms with Gasteiger partial charge in [-0.25, -0.2) is 9.59 Å². The molecule has 3 N–H and O–H groups in total. The minimum absolute atomic E-state index is 0.0797. The third-order valence-corrected chi connectivity index (χ3v) is 12.0. The lowest BCUT2D eigenvalue weighted by Gasteiger charge is -2.37. The molecule has 17 heteroatoms. The second-order valence-corrected chi connectivity index (χ2v) is 15.7. The standard InChI is InChI=1S/C43H46N4O12S/c1-25-21-47(42(53)45-39(25)51)37-20-33(49)35(58-37)24-60-23-32-34(59-40(38(32)57-26(2)48)46-19-18-36(50)44-41(46)52)22-56-43(27-8-6-5-7-9-27,28-10-14-30(54-3)15-11-28)29-12-16-31(55-4)17-13-29/h5-19,21,32-35,37-38,40,49H,20,22-24H2,1-4H3,(H,44,50,52)(H,45,51,53)/t32-,33+,34-,35-,37-,38-,40-/m1/s1. The highest BCUT2D eigenvalue weighted by Gasteiger charge is 2.50. The van der Waals surface area contributed by atoms with Gasteiger partial charge in [-0.15, -0.1) is 0 Å². The van der Waals surface area contributed by atoms with Gasteiger partial charge in [0, 0.05) is 54.8 Å².